The Labute approximate surface area is 198 Å². The van der Waals surface area contributed by atoms with Crippen molar-refractivity contribution in [3.8, 4) is 0 Å². The first-order valence-electron chi connectivity index (χ1n) is 10.8. The van der Waals surface area contributed by atoms with Gasteiger partial charge in [0.2, 0.25) is 0 Å². The van der Waals surface area contributed by atoms with Gasteiger partial charge in [0.25, 0.3) is 11.8 Å². The van der Waals surface area contributed by atoms with E-state index in [2.05, 4.69) is 21.3 Å². The molecule has 0 aliphatic heterocycles. The van der Waals surface area contributed by atoms with Crippen molar-refractivity contribution in [1.29, 1.82) is 0 Å². The van der Waals surface area contributed by atoms with Crippen LogP contribution in [0.3, 0.4) is 0 Å². The molecule has 0 bridgehead atoms. The number of alkyl halides is 3. The van der Waals surface area contributed by atoms with Gasteiger partial charge in [-0.25, -0.2) is 4.79 Å². The molecule has 180 valence electrons. The Kier molecular flexibility index (Phi) is 6.72. The van der Waals surface area contributed by atoms with Crippen molar-refractivity contribution in [2.24, 2.45) is 0 Å². The highest BCUT2D eigenvalue weighted by molar-refractivity contribution is 6.12. The van der Waals surface area contributed by atoms with Crippen molar-refractivity contribution in [2.75, 3.05) is 16.0 Å². The van der Waals surface area contributed by atoms with Crippen LogP contribution in [0, 0.1) is 0 Å². The Morgan fingerprint density at radius 2 is 1.46 bits per heavy atom. The van der Waals surface area contributed by atoms with E-state index >= 15 is 0 Å². The summed E-state index contributed by atoms with van der Waals surface area (Å²) in [6.07, 6.45) is -2.61. The van der Waals surface area contributed by atoms with Crippen LogP contribution in [-0.2, 0) is 6.18 Å². The fraction of sp³-hybridized carbons (Fsp3) is 0.160. The molecule has 0 radical (unpaired) electrons. The lowest BCUT2D eigenvalue weighted by Crippen LogP contribution is -2.30. The summed E-state index contributed by atoms with van der Waals surface area (Å²) in [4.78, 5) is 37.3. The minimum atomic E-state index is -4.54. The lowest BCUT2D eigenvalue weighted by Gasteiger charge is -2.13. The quantitative estimate of drug-likeness (QED) is 0.374. The first-order chi connectivity index (χ1) is 16.7. The van der Waals surface area contributed by atoms with Crippen LogP contribution in [0.15, 0.2) is 72.8 Å². The minimum Gasteiger partial charge on any atom is -0.335 e. The molecule has 1 aliphatic carbocycles. The monoisotopic (exact) mass is 482 g/mol. The van der Waals surface area contributed by atoms with Crippen LogP contribution in [0.1, 0.15) is 39.1 Å². The van der Waals surface area contributed by atoms with Crippen molar-refractivity contribution in [3.05, 3.63) is 89.5 Å². The lowest BCUT2D eigenvalue weighted by atomic mass is 10.1. The second-order valence-electron chi connectivity index (χ2n) is 7.98. The molecular formula is C25H21F3N4O3. The van der Waals surface area contributed by atoms with Gasteiger partial charge in [-0.1, -0.05) is 18.2 Å². The van der Waals surface area contributed by atoms with Gasteiger partial charge in [-0.3, -0.25) is 9.59 Å². The number of hydrogen-bond donors (Lipinski definition) is 4. The molecule has 4 rings (SSSR count). The van der Waals surface area contributed by atoms with Crippen LogP contribution >= 0.6 is 0 Å². The van der Waals surface area contributed by atoms with Crippen LogP contribution in [0.4, 0.5) is 35.0 Å². The predicted molar refractivity (Wildman–Crippen MR) is 125 cm³/mol. The Morgan fingerprint density at radius 1 is 0.743 bits per heavy atom. The fourth-order valence-electron chi connectivity index (χ4n) is 3.24. The summed E-state index contributed by atoms with van der Waals surface area (Å²) in [5, 5.41) is 10.6. The van der Waals surface area contributed by atoms with Crippen molar-refractivity contribution in [2.45, 2.75) is 25.1 Å². The maximum absolute atomic E-state index is 13.0. The molecule has 3 aromatic rings. The topological polar surface area (TPSA) is 99.3 Å². The van der Waals surface area contributed by atoms with E-state index < -0.39 is 23.6 Å². The number of carbonyl (C=O) groups is 3. The molecule has 1 fully saturated rings. The van der Waals surface area contributed by atoms with Gasteiger partial charge in [0, 0.05) is 23.0 Å². The van der Waals surface area contributed by atoms with Crippen molar-refractivity contribution in [1.82, 2.24) is 5.32 Å². The van der Waals surface area contributed by atoms with Gasteiger partial charge in [0.1, 0.15) is 0 Å². The summed E-state index contributed by atoms with van der Waals surface area (Å²) in [6.45, 7) is 0. The molecule has 0 spiro atoms. The average Bonchev–Trinajstić information content (AvgIpc) is 3.63. The van der Waals surface area contributed by atoms with Crippen LogP contribution in [0.2, 0.25) is 0 Å². The third-order valence-electron chi connectivity index (χ3n) is 5.19. The molecular weight excluding hydrogens is 461 g/mol. The van der Waals surface area contributed by atoms with Crippen LogP contribution < -0.4 is 21.3 Å². The maximum atomic E-state index is 13.0. The summed E-state index contributed by atoms with van der Waals surface area (Å²) in [7, 11) is 0. The normalized spacial score (nSPS) is 13.0. The Bertz CT molecular complexity index is 1260. The van der Waals surface area contributed by atoms with Gasteiger partial charge in [0.15, 0.2) is 0 Å². The van der Waals surface area contributed by atoms with Crippen LogP contribution in [-0.4, -0.2) is 23.9 Å². The summed E-state index contributed by atoms with van der Waals surface area (Å²) < 4.78 is 38.9. The molecule has 0 atom stereocenters. The molecule has 4 amide bonds. The first kappa shape index (κ1) is 23.8. The number of halogens is 3. The molecule has 35 heavy (non-hydrogen) atoms. The zero-order valence-corrected chi connectivity index (χ0v) is 18.3. The van der Waals surface area contributed by atoms with Crippen molar-refractivity contribution >= 4 is 34.9 Å². The number of rotatable bonds is 6. The van der Waals surface area contributed by atoms with Gasteiger partial charge < -0.3 is 21.3 Å². The molecule has 7 nitrogen and oxygen atoms in total. The number of nitrogens with one attached hydrogen (secondary N) is 4. The highest BCUT2D eigenvalue weighted by Crippen LogP contribution is 2.31. The number of carbonyl (C=O) groups excluding carboxylic acids is 3. The zero-order chi connectivity index (χ0) is 25.0. The Balaban J connectivity index is 1.42. The average molecular weight is 482 g/mol. The van der Waals surface area contributed by atoms with E-state index in [-0.39, 0.29) is 34.6 Å². The standard InChI is InChI=1S/C25H21F3N4O3/c26-25(27,28)16-4-3-5-19(14-16)29-23(34)20-6-1-2-7-21(20)32-22(33)15-8-10-17(11-9-15)30-24(35)31-18-12-13-18/h1-11,14,18H,12-13H2,(H,29,34)(H,32,33)(H2,30,31,35). The predicted octanol–water partition coefficient (Wildman–Crippen LogP) is 5.49. The van der Waals surface area contributed by atoms with Gasteiger partial charge in [0.05, 0.1) is 16.8 Å². The van der Waals surface area contributed by atoms with Crippen molar-refractivity contribution < 1.29 is 27.6 Å². The summed E-state index contributed by atoms with van der Waals surface area (Å²) in [5.41, 5.74) is 0.146. The minimum absolute atomic E-state index is 0.0280. The summed E-state index contributed by atoms with van der Waals surface area (Å²) >= 11 is 0. The molecule has 0 unspecified atom stereocenters. The molecule has 1 saturated carbocycles. The van der Waals surface area contributed by atoms with E-state index in [1.165, 1.54) is 36.4 Å². The van der Waals surface area contributed by atoms with Crippen molar-refractivity contribution in [3.63, 3.8) is 0 Å². The number of benzene rings is 3. The summed E-state index contributed by atoms with van der Waals surface area (Å²) in [5.74, 6) is -1.18. The molecule has 1 aliphatic rings. The second-order valence-corrected chi connectivity index (χ2v) is 7.98. The van der Waals surface area contributed by atoms with E-state index in [1.54, 1.807) is 24.3 Å². The maximum Gasteiger partial charge on any atom is 0.416 e. The largest absolute Gasteiger partial charge is 0.416 e. The number of hydrogen-bond acceptors (Lipinski definition) is 3. The second kappa shape index (κ2) is 9.88. The van der Waals surface area contributed by atoms with Crippen LogP contribution in [0.5, 0.6) is 0 Å². The third kappa shape index (κ3) is 6.38. The molecule has 10 heteroatoms. The fourth-order valence-corrected chi connectivity index (χ4v) is 3.24. The summed E-state index contributed by atoms with van der Waals surface area (Å²) in [6, 6.07) is 16.5. The smallest absolute Gasteiger partial charge is 0.335 e. The number of para-hydroxylation sites is 1. The van der Waals surface area contributed by atoms with Gasteiger partial charge in [-0.05, 0) is 67.4 Å². The zero-order valence-electron chi connectivity index (χ0n) is 18.3. The van der Waals surface area contributed by atoms with Gasteiger partial charge >= 0.3 is 12.2 Å². The van der Waals surface area contributed by atoms with Gasteiger partial charge in [-0.2, -0.15) is 13.2 Å². The van der Waals surface area contributed by atoms with E-state index in [9.17, 15) is 27.6 Å². The number of amides is 4. The SMILES string of the molecule is O=C(Nc1ccc(C(=O)Nc2ccccc2C(=O)Nc2cccc(C(F)(F)F)c2)cc1)NC1CC1. The van der Waals surface area contributed by atoms with Gasteiger partial charge in [-0.15, -0.1) is 0 Å². The highest BCUT2D eigenvalue weighted by atomic mass is 19.4. The van der Waals surface area contributed by atoms with E-state index in [1.807, 2.05) is 0 Å². The van der Waals surface area contributed by atoms with E-state index in [0.717, 1.165) is 25.0 Å². The van der Waals surface area contributed by atoms with Crippen LogP contribution in [0.25, 0.3) is 0 Å². The van der Waals surface area contributed by atoms with E-state index in [4.69, 9.17) is 0 Å². The molecule has 3 aromatic carbocycles. The highest BCUT2D eigenvalue weighted by Gasteiger charge is 2.30. The number of anilines is 3. The Hall–Kier alpha value is -4.34. The molecule has 4 N–H and O–H groups in total. The third-order valence-corrected chi connectivity index (χ3v) is 5.19. The van der Waals surface area contributed by atoms with E-state index in [0.29, 0.717) is 5.69 Å². The Morgan fingerprint density at radius 3 is 2.14 bits per heavy atom. The number of urea groups is 1. The molecule has 0 heterocycles. The lowest BCUT2D eigenvalue weighted by molar-refractivity contribution is -0.137. The molecule has 0 aromatic heterocycles. The first-order valence-corrected chi connectivity index (χ1v) is 10.8. The molecule has 0 saturated heterocycles.